The van der Waals surface area contributed by atoms with Crippen molar-refractivity contribution < 1.29 is 19.4 Å². The highest BCUT2D eigenvalue weighted by atomic mass is 16.5. The van der Waals surface area contributed by atoms with Crippen LogP contribution in [0.4, 0.5) is 4.79 Å². The summed E-state index contributed by atoms with van der Waals surface area (Å²) in [5.74, 6) is -0.959. The molecule has 6 nitrogen and oxygen atoms in total. The molecule has 0 aromatic heterocycles. The van der Waals surface area contributed by atoms with Gasteiger partial charge in [-0.1, -0.05) is 0 Å². The normalized spacial score (nSPS) is 30.9. The second kappa shape index (κ2) is 6.23. The van der Waals surface area contributed by atoms with Crippen LogP contribution in [-0.4, -0.2) is 54.4 Å². The molecule has 2 N–H and O–H groups in total. The number of carboxylic acids is 1. The molecule has 1 unspecified atom stereocenters. The fraction of sp³-hybridized carbons (Fsp3) is 0.846. The number of aliphatic carboxylic acids is 1. The number of amides is 2. The minimum atomic E-state index is -0.718. The zero-order valence-corrected chi connectivity index (χ0v) is 11.3. The number of carbonyl (C=O) groups is 2. The summed E-state index contributed by atoms with van der Waals surface area (Å²) in [5.41, 5.74) is 0. The lowest BCUT2D eigenvalue weighted by Gasteiger charge is -2.30. The molecule has 108 valence electrons. The van der Waals surface area contributed by atoms with Gasteiger partial charge in [0.1, 0.15) is 0 Å². The van der Waals surface area contributed by atoms with Crippen molar-refractivity contribution in [2.75, 3.05) is 20.3 Å². The van der Waals surface area contributed by atoms with E-state index in [1.165, 1.54) is 0 Å². The van der Waals surface area contributed by atoms with Gasteiger partial charge in [0.25, 0.3) is 0 Å². The molecule has 1 aliphatic carbocycles. The van der Waals surface area contributed by atoms with E-state index in [-0.39, 0.29) is 24.0 Å². The molecule has 1 aliphatic heterocycles. The van der Waals surface area contributed by atoms with Crippen LogP contribution in [0.5, 0.6) is 0 Å². The molecule has 0 aromatic rings. The lowest BCUT2D eigenvalue weighted by molar-refractivity contribution is -0.142. The Morgan fingerprint density at radius 3 is 2.42 bits per heavy atom. The molecule has 0 aromatic carbocycles. The van der Waals surface area contributed by atoms with E-state index in [1.54, 1.807) is 11.9 Å². The molecule has 1 saturated carbocycles. The van der Waals surface area contributed by atoms with Crippen molar-refractivity contribution in [1.29, 1.82) is 0 Å². The summed E-state index contributed by atoms with van der Waals surface area (Å²) < 4.78 is 5.27. The van der Waals surface area contributed by atoms with Gasteiger partial charge in [0, 0.05) is 19.7 Å². The number of urea groups is 1. The maximum absolute atomic E-state index is 12.1. The number of carboxylic acid groups (broad SMARTS) is 1. The molecule has 0 spiro atoms. The van der Waals surface area contributed by atoms with Crippen LogP contribution in [0.15, 0.2) is 0 Å². The molecule has 2 aliphatic rings. The van der Waals surface area contributed by atoms with Gasteiger partial charge in [-0.25, -0.2) is 4.79 Å². The summed E-state index contributed by atoms with van der Waals surface area (Å²) in [6.07, 6.45) is 3.68. The van der Waals surface area contributed by atoms with Gasteiger partial charge in [-0.15, -0.1) is 0 Å². The van der Waals surface area contributed by atoms with E-state index in [2.05, 4.69) is 5.32 Å². The molecule has 0 radical (unpaired) electrons. The van der Waals surface area contributed by atoms with E-state index >= 15 is 0 Å². The van der Waals surface area contributed by atoms with Crippen LogP contribution in [0.25, 0.3) is 0 Å². The van der Waals surface area contributed by atoms with Crippen molar-refractivity contribution in [2.24, 2.45) is 5.92 Å². The Bertz CT molecular complexity index is 334. The van der Waals surface area contributed by atoms with Crippen LogP contribution in [0.2, 0.25) is 0 Å². The van der Waals surface area contributed by atoms with E-state index in [4.69, 9.17) is 9.84 Å². The summed E-state index contributed by atoms with van der Waals surface area (Å²) in [6, 6.07) is 0.192. The standard InChI is InChI=1S/C13H22N2O4/c1-15(11-6-7-19-8-11)13(18)14-10-4-2-9(3-5-10)12(16)17/h9-11H,2-8H2,1H3,(H,14,18)(H,16,17). The second-order valence-corrected chi connectivity index (χ2v) is 5.46. The van der Waals surface area contributed by atoms with E-state index in [9.17, 15) is 9.59 Å². The number of carbonyl (C=O) groups excluding carboxylic acids is 1. The summed E-state index contributed by atoms with van der Waals surface area (Å²) in [7, 11) is 1.79. The predicted molar refractivity (Wildman–Crippen MR) is 68.9 cm³/mol. The molecule has 0 bridgehead atoms. The minimum absolute atomic E-state index is 0.0747. The largest absolute Gasteiger partial charge is 0.481 e. The Morgan fingerprint density at radius 1 is 1.21 bits per heavy atom. The van der Waals surface area contributed by atoms with Crippen LogP contribution in [-0.2, 0) is 9.53 Å². The van der Waals surface area contributed by atoms with Crippen LogP contribution < -0.4 is 5.32 Å². The molecule has 2 fully saturated rings. The van der Waals surface area contributed by atoms with Gasteiger partial charge in [-0.2, -0.15) is 0 Å². The zero-order chi connectivity index (χ0) is 13.8. The van der Waals surface area contributed by atoms with Crippen LogP contribution >= 0.6 is 0 Å². The van der Waals surface area contributed by atoms with Crippen molar-refractivity contribution in [3.05, 3.63) is 0 Å². The van der Waals surface area contributed by atoms with Gasteiger partial charge in [0.05, 0.1) is 18.6 Å². The topological polar surface area (TPSA) is 78.9 Å². The van der Waals surface area contributed by atoms with E-state index in [0.717, 1.165) is 19.3 Å². The Labute approximate surface area is 113 Å². The summed E-state index contributed by atoms with van der Waals surface area (Å²) >= 11 is 0. The fourth-order valence-electron chi connectivity index (χ4n) is 2.75. The first kappa shape index (κ1) is 14.1. The van der Waals surface area contributed by atoms with Gasteiger partial charge in [-0.05, 0) is 32.1 Å². The number of ether oxygens (including phenoxy) is 1. The molecule has 2 rings (SSSR count). The zero-order valence-electron chi connectivity index (χ0n) is 11.3. The molecule has 1 heterocycles. The average Bonchev–Trinajstić information content (AvgIpc) is 2.92. The fourth-order valence-corrected chi connectivity index (χ4v) is 2.75. The van der Waals surface area contributed by atoms with Gasteiger partial charge < -0.3 is 20.1 Å². The van der Waals surface area contributed by atoms with Gasteiger partial charge >= 0.3 is 12.0 Å². The Kier molecular flexibility index (Phi) is 4.63. The van der Waals surface area contributed by atoms with Crippen LogP contribution in [0, 0.1) is 5.92 Å². The molecule has 1 atom stereocenters. The molecular formula is C13H22N2O4. The quantitative estimate of drug-likeness (QED) is 0.803. The summed E-state index contributed by atoms with van der Waals surface area (Å²) in [4.78, 5) is 24.6. The van der Waals surface area contributed by atoms with Crippen molar-refractivity contribution in [3.8, 4) is 0 Å². The predicted octanol–water partition coefficient (Wildman–Crippen LogP) is 1.06. The lowest BCUT2D eigenvalue weighted by atomic mass is 9.86. The Morgan fingerprint density at radius 2 is 1.89 bits per heavy atom. The lowest BCUT2D eigenvalue weighted by Crippen LogP contribution is -2.48. The van der Waals surface area contributed by atoms with Crippen LogP contribution in [0.1, 0.15) is 32.1 Å². The van der Waals surface area contributed by atoms with Gasteiger partial charge in [-0.3, -0.25) is 4.79 Å². The third-order valence-electron chi connectivity index (χ3n) is 4.18. The number of hydrogen-bond donors (Lipinski definition) is 2. The molecule has 2 amide bonds. The minimum Gasteiger partial charge on any atom is -0.481 e. The first-order valence-corrected chi connectivity index (χ1v) is 6.92. The Hall–Kier alpha value is -1.30. The van der Waals surface area contributed by atoms with Crippen molar-refractivity contribution in [3.63, 3.8) is 0 Å². The molecule has 1 saturated heterocycles. The first-order chi connectivity index (χ1) is 9.08. The number of nitrogens with one attached hydrogen (secondary N) is 1. The first-order valence-electron chi connectivity index (χ1n) is 6.92. The van der Waals surface area contributed by atoms with Gasteiger partial charge in [0.2, 0.25) is 0 Å². The number of hydrogen-bond acceptors (Lipinski definition) is 3. The number of nitrogens with zero attached hydrogens (tertiary/aromatic N) is 1. The Balaban J connectivity index is 1.75. The average molecular weight is 270 g/mol. The maximum Gasteiger partial charge on any atom is 0.317 e. The van der Waals surface area contributed by atoms with Crippen molar-refractivity contribution in [1.82, 2.24) is 10.2 Å². The highest BCUT2D eigenvalue weighted by Crippen LogP contribution is 2.24. The van der Waals surface area contributed by atoms with Crippen molar-refractivity contribution in [2.45, 2.75) is 44.2 Å². The summed E-state index contributed by atoms with van der Waals surface area (Å²) in [6.45, 7) is 1.32. The van der Waals surface area contributed by atoms with Crippen molar-refractivity contribution >= 4 is 12.0 Å². The SMILES string of the molecule is CN(C(=O)NC1CCC(C(=O)O)CC1)C1CCOC1. The second-order valence-electron chi connectivity index (χ2n) is 5.46. The number of likely N-dealkylation sites (N-methyl/N-ethyl adjacent to an activating group) is 1. The van der Waals surface area contributed by atoms with Crippen LogP contribution in [0.3, 0.4) is 0 Å². The van der Waals surface area contributed by atoms with Gasteiger partial charge in [0.15, 0.2) is 0 Å². The molecular weight excluding hydrogens is 248 g/mol. The highest BCUT2D eigenvalue weighted by molar-refractivity contribution is 5.74. The number of rotatable bonds is 3. The van der Waals surface area contributed by atoms with E-state index in [1.807, 2.05) is 0 Å². The molecule has 19 heavy (non-hydrogen) atoms. The third-order valence-corrected chi connectivity index (χ3v) is 4.18. The summed E-state index contributed by atoms with van der Waals surface area (Å²) in [5, 5.41) is 11.9. The monoisotopic (exact) mass is 270 g/mol. The maximum atomic E-state index is 12.1. The third kappa shape index (κ3) is 3.59. The molecule has 6 heteroatoms. The van der Waals surface area contributed by atoms with E-state index in [0.29, 0.717) is 26.1 Å². The highest BCUT2D eigenvalue weighted by Gasteiger charge is 2.29. The van der Waals surface area contributed by atoms with E-state index < -0.39 is 5.97 Å². The smallest absolute Gasteiger partial charge is 0.317 e.